The fraction of sp³-hybridized carbons (Fsp3) is 0.375. The predicted octanol–water partition coefficient (Wildman–Crippen LogP) is 3.66. The summed E-state index contributed by atoms with van der Waals surface area (Å²) < 4.78 is 89.5. The zero-order valence-corrected chi connectivity index (χ0v) is 15.1. The lowest BCUT2D eigenvalue weighted by molar-refractivity contribution is -0.237. The van der Waals surface area contributed by atoms with Crippen molar-refractivity contribution < 1.29 is 35.8 Å². The first kappa shape index (κ1) is 20.8. The Labute approximate surface area is 159 Å². The number of pyridine rings is 1. The van der Waals surface area contributed by atoms with Crippen LogP contribution in [0.1, 0.15) is 18.4 Å². The van der Waals surface area contributed by atoms with Crippen LogP contribution < -0.4 is 4.74 Å². The molecule has 13 heteroatoms. The number of halogens is 6. The molecule has 0 aliphatic heterocycles. The fourth-order valence-electron chi connectivity index (χ4n) is 2.47. The molecule has 3 aromatic heterocycles. The molecule has 156 valence electrons. The average Bonchev–Trinajstić information content (AvgIpc) is 3.09. The minimum Gasteiger partial charge on any atom is -0.463 e. The van der Waals surface area contributed by atoms with Crippen LogP contribution in [-0.2, 0) is 10.8 Å². The van der Waals surface area contributed by atoms with Gasteiger partial charge in [0.2, 0.25) is 5.82 Å². The summed E-state index contributed by atoms with van der Waals surface area (Å²) in [5.41, 5.74) is 0.157. The van der Waals surface area contributed by atoms with E-state index in [9.17, 15) is 26.3 Å². The highest BCUT2D eigenvalue weighted by atomic mass is 19.4. The van der Waals surface area contributed by atoms with Crippen LogP contribution in [0.25, 0.3) is 16.9 Å². The maximum absolute atomic E-state index is 14.2. The highest BCUT2D eigenvalue weighted by molar-refractivity contribution is 5.63. The van der Waals surface area contributed by atoms with Gasteiger partial charge in [0.1, 0.15) is 0 Å². The minimum absolute atomic E-state index is 0.00892. The Morgan fingerprint density at radius 2 is 1.76 bits per heavy atom. The molecule has 7 nitrogen and oxygen atoms in total. The van der Waals surface area contributed by atoms with Crippen molar-refractivity contribution in [3.8, 4) is 17.1 Å². The molecule has 0 amide bonds. The number of alkyl halides is 5. The summed E-state index contributed by atoms with van der Waals surface area (Å²) in [6, 6.07) is 0.838. The largest absolute Gasteiger partial charge is 0.463 e. The smallest absolute Gasteiger partial charge is 0.425 e. The minimum atomic E-state index is -4.70. The Bertz CT molecular complexity index is 1050. The van der Waals surface area contributed by atoms with E-state index < -0.39 is 35.9 Å². The molecule has 0 aromatic carbocycles. The summed E-state index contributed by atoms with van der Waals surface area (Å²) in [5.74, 6) is -2.84. The molecule has 0 spiro atoms. The molecule has 1 unspecified atom stereocenters. The van der Waals surface area contributed by atoms with Crippen LogP contribution in [0.15, 0.2) is 18.5 Å². The monoisotopic (exact) mass is 421 g/mol. The Hall–Kier alpha value is -2.96. The Balaban J connectivity index is 2.04. The van der Waals surface area contributed by atoms with Crippen molar-refractivity contribution in [1.29, 1.82) is 0 Å². The second-order valence-electron chi connectivity index (χ2n) is 5.94. The maximum atomic E-state index is 14.2. The van der Waals surface area contributed by atoms with Crippen molar-refractivity contribution in [3.05, 3.63) is 35.8 Å². The third-order valence-electron chi connectivity index (χ3n) is 4.02. The van der Waals surface area contributed by atoms with Gasteiger partial charge in [0.15, 0.2) is 17.6 Å². The molecule has 0 aliphatic carbocycles. The summed E-state index contributed by atoms with van der Waals surface area (Å²) in [6.45, 7) is 2.11. The van der Waals surface area contributed by atoms with Gasteiger partial charge in [0.25, 0.3) is 5.88 Å². The molecule has 0 fully saturated rings. The molecule has 3 aromatic rings. The van der Waals surface area contributed by atoms with Gasteiger partial charge in [-0.25, -0.2) is 9.37 Å². The Morgan fingerprint density at radius 1 is 1.07 bits per heavy atom. The van der Waals surface area contributed by atoms with Crippen LogP contribution in [0, 0.1) is 12.7 Å². The summed E-state index contributed by atoms with van der Waals surface area (Å²) in [6.07, 6.45) is -8.59. The molecular weight excluding hydrogens is 408 g/mol. The van der Waals surface area contributed by atoms with Gasteiger partial charge in [-0.05, 0) is 19.9 Å². The fourth-order valence-corrected chi connectivity index (χ4v) is 2.47. The van der Waals surface area contributed by atoms with Crippen molar-refractivity contribution in [2.45, 2.75) is 32.2 Å². The number of rotatable bonds is 5. The van der Waals surface area contributed by atoms with E-state index in [1.54, 1.807) is 0 Å². The topological polar surface area (TPSA) is 74.4 Å². The Kier molecular flexibility index (Phi) is 5.11. The summed E-state index contributed by atoms with van der Waals surface area (Å²) in [7, 11) is 0.790. The molecule has 0 aliphatic rings. The second kappa shape index (κ2) is 7.13. The second-order valence-corrected chi connectivity index (χ2v) is 5.94. The zero-order chi connectivity index (χ0) is 21.6. The van der Waals surface area contributed by atoms with Gasteiger partial charge in [-0.1, -0.05) is 0 Å². The quantitative estimate of drug-likeness (QED) is 0.586. The van der Waals surface area contributed by atoms with Crippen LogP contribution in [0.5, 0.6) is 5.88 Å². The molecule has 0 saturated carbocycles. The van der Waals surface area contributed by atoms with Gasteiger partial charge in [-0.2, -0.15) is 22.0 Å². The maximum Gasteiger partial charge on any atom is 0.425 e. The van der Waals surface area contributed by atoms with Crippen molar-refractivity contribution in [2.75, 3.05) is 7.11 Å². The third-order valence-corrected chi connectivity index (χ3v) is 4.02. The van der Waals surface area contributed by atoms with Crippen LogP contribution >= 0.6 is 0 Å². The first-order valence-corrected chi connectivity index (χ1v) is 7.99. The molecule has 1 atom stereocenters. The molecule has 0 saturated heterocycles. The van der Waals surface area contributed by atoms with Crippen molar-refractivity contribution >= 4 is 5.65 Å². The van der Waals surface area contributed by atoms with E-state index in [0.29, 0.717) is 6.92 Å². The standard InChI is InChI=1S/C16H13F6N5O2/c1-7-12(23-6-11-25-26-14(27(7)11)16(21,22)28-3)9-4-10(17)13(24-5-9)29-8(2)15(18,19)20/h4-6,8H,1-3H3. The van der Waals surface area contributed by atoms with E-state index in [0.717, 1.165) is 30.0 Å². The number of ether oxygens (including phenoxy) is 2. The molecule has 0 bridgehead atoms. The number of aromatic nitrogens is 5. The summed E-state index contributed by atoms with van der Waals surface area (Å²) in [5, 5.41) is 6.99. The Morgan fingerprint density at radius 3 is 2.34 bits per heavy atom. The van der Waals surface area contributed by atoms with Gasteiger partial charge in [-0.3, -0.25) is 9.38 Å². The van der Waals surface area contributed by atoms with Crippen LogP contribution in [-0.4, -0.2) is 44.0 Å². The highest BCUT2D eigenvalue weighted by Crippen LogP contribution is 2.31. The van der Waals surface area contributed by atoms with Crippen LogP contribution in [0.3, 0.4) is 0 Å². The highest BCUT2D eigenvalue weighted by Gasteiger charge is 2.39. The van der Waals surface area contributed by atoms with E-state index in [2.05, 4.69) is 29.6 Å². The van der Waals surface area contributed by atoms with Crippen molar-refractivity contribution in [2.24, 2.45) is 0 Å². The van der Waals surface area contributed by atoms with E-state index in [-0.39, 0.29) is 22.6 Å². The third kappa shape index (κ3) is 3.81. The van der Waals surface area contributed by atoms with Gasteiger partial charge in [0, 0.05) is 24.6 Å². The van der Waals surface area contributed by atoms with Gasteiger partial charge in [-0.15, -0.1) is 10.2 Å². The summed E-state index contributed by atoms with van der Waals surface area (Å²) >= 11 is 0. The van der Waals surface area contributed by atoms with Crippen molar-refractivity contribution in [1.82, 2.24) is 24.6 Å². The first-order valence-electron chi connectivity index (χ1n) is 7.99. The lowest BCUT2D eigenvalue weighted by Gasteiger charge is -2.17. The molecular formula is C16H13F6N5O2. The van der Waals surface area contributed by atoms with Crippen molar-refractivity contribution in [3.63, 3.8) is 0 Å². The number of hydrogen-bond donors (Lipinski definition) is 0. The predicted molar refractivity (Wildman–Crippen MR) is 85.8 cm³/mol. The number of methoxy groups -OCH3 is 1. The zero-order valence-electron chi connectivity index (χ0n) is 15.1. The number of fused-ring (bicyclic) bond motifs is 1. The first-order chi connectivity index (χ1) is 13.5. The summed E-state index contributed by atoms with van der Waals surface area (Å²) in [4.78, 5) is 7.59. The van der Waals surface area contributed by atoms with Gasteiger partial charge < -0.3 is 9.47 Å². The molecule has 29 heavy (non-hydrogen) atoms. The lowest BCUT2D eigenvalue weighted by atomic mass is 10.1. The SMILES string of the molecule is COC(F)(F)c1nnc2cnc(-c3cnc(OC(C)C(F)(F)F)c(F)c3)c(C)n12. The van der Waals surface area contributed by atoms with Gasteiger partial charge in [0.05, 0.1) is 11.9 Å². The van der Waals surface area contributed by atoms with E-state index in [4.69, 9.17) is 0 Å². The van der Waals surface area contributed by atoms with E-state index >= 15 is 0 Å². The normalized spacial score (nSPS) is 13.7. The average molecular weight is 421 g/mol. The lowest BCUT2D eigenvalue weighted by Crippen LogP contribution is -2.31. The number of nitrogens with zero attached hydrogens (tertiary/aromatic N) is 5. The van der Waals surface area contributed by atoms with E-state index in [1.807, 2.05) is 0 Å². The van der Waals surface area contributed by atoms with E-state index in [1.165, 1.54) is 6.92 Å². The molecule has 0 N–H and O–H groups in total. The molecule has 0 radical (unpaired) electrons. The molecule has 3 rings (SSSR count). The molecule has 3 heterocycles. The van der Waals surface area contributed by atoms with Gasteiger partial charge >= 0.3 is 12.3 Å². The number of aryl methyl sites for hydroxylation is 1. The number of hydrogen-bond acceptors (Lipinski definition) is 6. The van der Waals surface area contributed by atoms with Crippen LogP contribution in [0.4, 0.5) is 26.3 Å². The van der Waals surface area contributed by atoms with Crippen LogP contribution in [0.2, 0.25) is 0 Å².